The zero-order valence-electron chi connectivity index (χ0n) is 13.3. The van der Waals surface area contributed by atoms with Crippen molar-refractivity contribution in [2.24, 2.45) is 0 Å². The summed E-state index contributed by atoms with van der Waals surface area (Å²) < 4.78 is 33.8. The van der Waals surface area contributed by atoms with Gasteiger partial charge in [-0.2, -0.15) is 13.2 Å². The number of carbonyl (C=O) groups is 1. The molecular weight excluding hydrogens is 351 g/mol. The van der Waals surface area contributed by atoms with E-state index in [4.69, 9.17) is 9.90 Å². The van der Waals surface area contributed by atoms with Gasteiger partial charge >= 0.3 is 12.1 Å². The standard InChI is InChI=1S/C14H11N5.C2HF3O2/c1-9-2-4-10(5-3-9)14-18-17-12-8-16-13-11(19(12)14)6-7-15-13;3-2(4,5)1(6)7/h2-8,15H,1H3;(H,6,7). The van der Waals surface area contributed by atoms with Crippen molar-refractivity contribution in [1.29, 1.82) is 0 Å². The van der Waals surface area contributed by atoms with Crippen molar-refractivity contribution < 1.29 is 23.1 Å². The van der Waals surface area contributed by atoms with Crippen LogP contribution in [0.4, 0.5) is 13.2 Å². The number of fused-ring (bicyclic) bond motifs is 3. The molecule has 4 rings (SSSR count). The molecule has 134 valence electrons. The summed E-state index contributed by atoms with van der Waals surface area (Å²) in [6, 6.07) is 10.3. The number of halogens is 3. The summed E-state index contributed by atoms with van der Waals surface area (Å²) in [5, 5.41) is 15.6. The summed E-state index contributed by atoms with van der Waals surface area (Å²) >= 11 is 0. The lowest BCUT2D eigenvalue weighted by atomic mass is 10.1. The van der Waals surface area contributed by atoms with Crippen LogP contribution in [0.25, 0.3) is 28.2 Å². The second-order valence-corrected chi connectivity index (χ2v) is 5.36. The van der Waals surface area contributed by atoms with E-state index in [9.17, 15) is 13.2 Å². The highest BCUT2D eigenvalue weighted by molar-refractivity contribution is 5.77. The van der Waals surface area contributed by atoms with E-state index in [2.05, 4.69) is 51.4 Å². The van der Waals surface area contributed by atoms with Gasteiger partial charge in [0.05, 0.1) is 11.7 Å². The average molecular weight is 363 g/mol. The second kappa shape index (κ2) is 6.47. The Balaban J connectivity index is 0.000000242. The number of hydrogen-bond donors (Lipinski definition) is 2. The summed E-state index contributed by atoms with van der Waals surface area (Å²) in [5.41, 5.74) is 4.85. The van der Waals surface area contributed by atoms with Gasteiger partial charge in [-0.05, 0) is 13.0 Å². The molecule has 0 aliphatic rings. The lowest BCUT2D eigenvalue weighted by Gasteiger charge is -2.02. The fourth-order valence-electron chi connectivity index (χ4n) is 2.27. The van der Waals surface area contributed by atoms with Gasteiger partial charge in [0.1, 0.15) is 0 Å². The smallest absolute Gasteiger partial charge is 0.475 e. The highest BCUT2D eigenvalue weighted by Gasteiger charge is 2.38. The number of benzene rings is 1. The van der Waals surface area contributed by atoms with Crippen molar-refractivity contribution in [1.82, 2.24) is 24.6 Å². The largest absolute Gasteiger partial charge is 0.490 e. The van der Waals surface area contributed by atoms with Crippen molar-refractivity contribution in [2.75, 3.05) is 0 Å². The van der Waals surface area contributed by atoms with Crippen LogP contribution in [0.3, 0.4) is 0 Å². The number of carboxylic acids is 1. The molecule has 1 aromatic carbocycles. The van der Waals surface area contributed by atoms with Gasteiger partial charge in [-0.1, -0.05) is 29.8 Å². The van der Waals surface area contributed by atoms with Crippen LogP contribution in [0, 0.1) is 6.92 Å². The highest BCUT2D eigenvalue weighted by atomic mass is 19.4. The Labute approximate surface area is 144 Å². The van der Waals surface area contributed by atoms with Gasteiger partial charge in [0.25, 0.3) is 0 Å². The maximum absolute atomic E-state index is 10.6. The van der Waals surface area contributed by atoms with E-state index in [1.807, 2.05) is 16.7 Å². The Morgan fingerprint density at radius 1 is 1.15 bits per heavy atom. The molecule has 0 saturated heterocycles. The van der Waals surface area contributed by atoms with Gasteiger partial charge < -0.3 is 10.1 Å². The number of nitrogens with zero attached hydrogens (tertiary/aromatic N) is 4. The van der Waals surface area contributed by atoms with Crippen LogP contribution < -0.4 is 0 Å². The number of aliphatic carboxylic acids is 1. The number of carboxylic acid groups (broad SMARTS) is 1. The minimum absolute atomic E-state index is 0.752. The summed E-state index contributed by atoms with van der Waals surface area (Å²) in [6.07, 6.45) is -1.49. The Bertz CT molecular complexity index is 1070. The third-order valence-corrected chi connectivity index (χ3v) is 3.49. The number of nitrogens with one attached hydrogen (secondary N) is 1. The molecule has 0 saturated carbocycles. The highest BCUT2D eigenvalue weighted by Crippen LogP contribution is 2.22. The minimum Gasteiger partial charge on any atom is -0.475 e. The van der Waals surface area contributed by atoms with Crippen LogP contribution >= 0.6 is 0 Å². The molecule has 26 heavy (non-hydrogen) atoms. The van der Waals surface area contributed by atoms with Gasteiger partial charge in [0, 0.05) is 11.8 Å². The van der Waals surface area contributed by atoms with E-state index < -0.39 is 12.1 Å². The summed E-state index contributed by atoms with van der Waals surface area (Å²) in [7, 11) is 0. The molecule has 0 amide bonds. The SMILES string of the molecule is Cc1ccc(-c2nnc3cnc4[nH]ccc4n23)cc1.O=C(O)C(F)(F)F. The topological polar surface area (TPSA) is 96.2 Å². The van der Waals surface area contributed by atoms with Gasteiger partial charge in [0.2, 0.25) is 0 Å². The molecule has 2 N–H and O–H groups in total. The number of aryl methyl sites for hydroxylation is 1. The van der Waals surface area contributed by atoms with Crippen LogP contribution in [0.5, 0.6) is 0 Å². The van der Waals surface area contributed by atoms with E-state index >= 15 is 0 Å². The van der Waals surface area contributed by atoms with Gasteiger partial charge in [-0.25, -0.2) is 9.78 Å². The van der Waals surface area contributed by atoms with E-state index in [0.29, 0.717) is 0 Å². The fraction of sp³-hybridized carbons (Fsp3) is 0.125. The van der Waals surface area contributed by atoms with Crippen LogP contribution in [0.2, 0.25) is 0 Å². The molecule has 3 heterocycles. The third kappa shape index (κ3) is 3.34. The molecular formula is C16H12F3N5O2. The van der Waals surface area contributed by atoms with Crippen molar-refractivity contribution >= 4 is 22.8 Å². The zero-order valence-corrected chi connectivity index (χ0v) is 13.3. The molecule has 0 radical (unpaired) electrons. The van der Waals surface area contributed by atoms with E-state index in [1.54, 1.807) is 6.20 Å². The first-order chi connectivity index (χ1) is 12.3. The van der Waals surface area contributed by atoms with Crippen LogP contribution in [-0.4, -0.2) is 41.8 Å². The minimum atomic E-state index is -5.08. The second-order valence-electron chi connectivity index (χ2n) is 5.36. The summed E-state index contributed by atoms with van der Waals surface area (Å²) in [5.74, 6) is -1.92. The molecule has 0 bridgehead atoms. The summed E-state index contributed by atoms with van der Waals surface area (Å²) in [4.78, 5) is 16.3. The predicted molar refractivity (Wildman–Crippen MR) is 86.5 cm³/mol. The van der Waals surface area contributed by atoms with E-state index in [-0.39, 0.29) is 0 Å². The lowest BCUT2D eigenvalue weighted by Crippen LogP contribution is -2.21. The number of aromatic nitrogens is 5. The number of rotatable bonds is 1. The first-order valence-electron chi connectivity index (χ1n) is 7.32. The lowest BCUT2D eigenvalue weighted by molar-refractivity contribution is -0.192. The Morgan fingerprint density at radius 3 is 2.42 bits per heavy atom. The van der Waals surface area contributed by atoms with E-state index in [0.717, 1.165) is 28.2 Å². The van der Waals surface area contributed by atoms with Crippen molar-refractivity contribution in [3.8, 4) is 11.4 Å². The fourth-order valence-corrected chi connectivity index (χ4v) is 2.27. The van der Waals surface area contributed by atoms with Crippen LogP contribution in [-0.2, 0) is 4.79 Å². The molecule has 0 atom stereocenters. The molecule has 0 fully saturated rings. The average Bonchev–Trinajstić information content (AvgIpc) is 3.21. The molecule has 4 aromatic rings. The number of alkyl halides is 3. The number of aromatic amines is 1. The molecule has 10 heteroatoms. The molecule has 3 aromatic heterocycles. The number of H-pyrrole nitrogens is 1. The van der Waals surface area contributed by atoms with Crippen molar-refractivity contribution in [3.63, 3.8) is 0 Å². The quantitative estimate of drug-likeness (QED) is 0.541. The molecule has 0 spiro atoms. The summed E-state index contributed by atoms with van der Waals surface area (Å²) in [6.45, 7) is 2.07. The van der Waals surface area contributed by atoms with E-state index in [1.165, 1.54) is 5.56 Å². The maximum Gasteiger partial charge on any atom is 0.490 e. The first kappa shape index (κ1) is 17.4. The monoisotopic (exact) mass is 363 g/mol. The third-order valence-electron chi connectivity index (χ3n) is 3.49. The maximum atomic E-state index is 10.6. The molecule has 0 aliphatic carbocycles. The Morgan fingerprint density at radius 2 is 1.81 bits per heavy atom. The predicted octanol–water partition coefficient (Wildman–Crippen LogP) is 3.21. The molecule has 0 unspecified atom stereocenters. The Hall–Kier alpha value is -3.43. The van der Waals surface area contributed by atoms with Gasteiger partial charge in [-0.15, -0.1) is 10.2 Å². The van der Waals surface area contributed by atoms with Gasteiger partial charge in [0.15, 0.2) is 17.1 Å². The van der Waals surface area contributed by atoms with Crippen molar-refractivity contribution in [2.45, 2.75) is 13.1 Å². The first-order valence-corrected chi connectivity index (χ1v) is 7.32. The molecule has 0 aliphatic heterocycles. The van der Waals surface area contributed by atoms with Crippen molar-refractivity contribution in [3.05, 3.63) is 48.3 Å². The number of hydrogen-bond acceptors (Lipinski definition) is 4. The Kier molecular flexibility index (Phi) is 4.33. The van der Waals surface area contributed by atoms with Crippen LogP contribution in [0.1, 0.15) is 5.56 Å². The molecule has 7 nitrogen and oxygen atoms in total. The zero-order chi connectivity index (χ0) is 18.9. The normalized spacial score (nSPS) is 11.4. The van der Waals surface area contributed by atoms with Crippen LogP contribution in [0.15, 0.2) is 42.7 Å². The van der Waals surface area contributed by atoms with Gasteiger partial charge in [-0.3, -0.25) is 4.40 Å².